The third-order valence-corrected chi connectivity index (χ3v) is 13.4. The van der Waals surface area contributed by atoms with Crippen LogP contribution in [0.25, 0.3) is 0 Å². The van der Waals surface area contributed by atoms with E-state index in [1.165, 1.54) is 0 Å². The van der Waals surface area contributed by atoms with Gasteiger partial charge in [0.25, 0.3) is 6.47 Å². The van der Waals surface area contributed by atoms with Crippen molar-refractivity contribution in [2.45, 2.75) is 58.8 Å². The molecule has 58 heavy (non-hydrogen) atoms. The van der Waals surface area contributed by atoms with Crippen LogP contribution in [-0.4, -0.2) is 211 Å². The molecule has 0 aromatic carbocycles. The minimum absolute atomic E-state index is 0.0688. The van der Waals surface area contributed by atoms with Crippen LogP contribution in [0.5, 0.6) is 0 Å². The fourth-order valence-electron chi connectivity index (χ4n) is 5.00. The Labute approximate surface area is 354 Å². The Morgan fingerprint density at radius 3 is 1.26 bits per heavy atom. The van der Waals surface area contributed by atoms with Crippen molar-refractivity contribution in [1.29, 1.82) is 0 Å². The van der Waals surface area contributed by atoms with E-state index in [2.05, 4.69) is 42.5 Å². The maximum atomic E-state index is 12.2. The number of amides is 2. The lowest BCUT2D eigenvalue weighted by Gasteiger charge is -2.35. The predicted octanol–water partition coefficient (Wildman–Crippen LogP) is -0.238. The van der Waals surface area contributed by atoms with Gasteiger partial charge >= 0.3 is 0 Å². The predicted molar refractivity (Wildman–Crippen MR) is 244 cm³/mol. The van der Waals surface area contributed by atoms with Crippen molar-refractivity contribution in [1.82, 2.24) is 35.6 Å². The summed E-state index contributed by atoms with van der Waals surface area (Å²) in [5, 5.41) is 15.6. The van der Waals surface area contributed by atoms with E-state index in [0.717, 1.165) is 77.4 Å². The fourth-order valence-corrected chi connectivity index (χ4v) is 9.61. The van der Waals surface area contributed by atoms with Crippen molar-refractivity contribution in [2.75, 3.05) is 142 Å². The van der Waals surface area contributed by atoms with E-state index in [9.17, 15) is 34.0 Å². The Balaban J connectivity index is -0.00000201. The highest BCUT2D eigenvalue weighted by molar-refractivity contribution is 7.52. The number of rotatable bonds is 26. The second kappa shape index (κ2) is 47.4. The van der Waals surface area contributed by atoms with Crippen molar-refractivity contribution in [2.24, 2.45) is 17.2 Å². The summed E-state index contributed by atoms with van der Waals surface area (Å²) in [5.74, 6) is -0.139. The SMILES string of the molecule is CCC=O.CCCP(O)CN1CCN(CPO)CCN(CP(O)CCC(=O)NCCCN)CCN(CP(O)CCC(=O)NCCCN)CC1.CNCCCN.O=CO. The van der Waals surface area contributed by atoms with Crippen molar-refractivity contribution in [3.63, 3.8) is 0 Å². The molecule has 1 fully saturated rings. The number of nitrogens with two attached hydrogens (primary N) is 3. The average molecular weight is 911 g/mol. The molecule has 1 rings (SSSR count). The van der Waals surface area contributed by atoms with Gasteiger partial charge in [-0.2, -0.15) is 0 Å². The van der Waals surface area contributed by atoms with E-state index in [1.807, 2.05) is 14.0 Å². The Bertz CT molecular complexity index is 948. The highest BCUT2D eigenvalue weighted by atomic mass is 31.1. The van der Waals surface area contributed by atoms with Gasteiger partial charge in [0, 0.05) is 155 Å². The molecule has 0 saturated carbocycles. The van der Waals surface area contributed by atoms with Crippen molar-refractivity contribution >= 4 is 57.8 Å². The van der Waals surface area contributed by atoms with Gasteiger partial charge in [0.2, 0.25) is 11.8 Å². The normalized spacial score (nSPS) is 16.4. The minimum atomic E-state index is -1.38. The largest absolute Gasteiger partial charge is 0.483 e. The van der Waals surface area contributed by atoms with E-state index in [4.69, 9.17) is 27.1 Å². The first-order valence-corrected chi connectivity index (χ1v) is 26.5. The molecule has 0 aromatic rings. The number of carbonyl (C=O) groups excluding carboxylic acids is 3. The van der Waals surface area contributed by atoms with Gasteiger partial charge in [-0.1, -0.05) is 20.3 Å². The van der Waals surface area contributed by atoms with Crippen LogP contribution in [0.3, 0.4) is 0 Å². The lowest BCUT2D eigenvalue weighted by atomic mass is 10.4. The lowest BCUT2D eigenvalue weighted by molar-refractivity contribution is -0.123. The van der Waals surface area contributed by atoms with Crippen LogP contribution >= 0.6 is 33.3 Å². The van der Waals surface area contributed by atoms with Crippen LogP contribution in [0.1, 0.15) is 58.8 Å². The number of nitrogens with one attached hydrogen (secondary N) is 3. The monoisotopic (exact) mass is 911 g/mol. The maximum Gasteiger partial charge on any atom is 0.290 e. The van der Waals surface area contributed by atoms with Crippen molar-refractivity contribution in [3.8, 4) is 0 Å². The van der Waals surface area contributed by atoms with Crippen molar-refractivity contribution < 1.29 is 43.9 Å². The Kier molecular flexibility index (Phi) is 50.3. The summed E-state index contributed by atoms with van der Waals surface area (Å²) in [5.41, 5.74) is 16.2. The molecule has 1 aliphatic heterocycles. The molecule has 346 valence electrons. The smallest absolute Gasteiger partial charge is 0.290 e. The minimum Gasteiger partial charge on any atom is -0.483 e. The van der Waals surface area contributed by atoms with Crippen LogP contribution in [0, 0.1) is 0 Å². The highest BCUT2D eigenvalue weighted by Gasteiger charge is 2.22. The highest BCUT2D eigenvalue weighted by Crippen LogP contribution is 2.34. The number of hydrogen-bond acceptors (Lipinski definition) is 16. The molecule has 4 atom stereocenters. The summed E-state index contributed by atoms with van der Waals surface area (Å²) in [4.78, 5) is 93.1. The molecule has 0 radical (unpaired) electrons. The summed E-state index contributed by atoms with van der Waals surface area (Å²) in [6.45, 7) is 13.4. The molecule has 19 nitrogen and oxygen atoms in total. The summed E-state index contributed by atoms with van der Waals surface area (Å²) in [6.07, 6.45) is 9.42. The van der Waals surface area contributed by atoms with Gasteiger partial charge < -0.3 is 62.6 Å². The van der Waals surface area contributed by atoms with Gasteiger partial charge in [0.05, 0.1) is 0 Å². The van der Waals surface area contributed by atoms with E-state index in [1.54, 1.807) is 0 Å². The zero-order chi connectivity index (χ0) is 44.2. The molecule has 0 spiro atoms. The number of carbonyl (C=O) groups is 4. The number of carboxylic acid groups (broad SMARTS) is 1. The zero-order valence-electron chi connectivity index (χ0n) is 35.7. The van der Waals surface area contributed by atoms with E-state index < -0.39 is 24.4 Å². The van der Waals surface area contributed by atoms with E-state index in [0.29, 0.717) is 96.2 Å². The fraction of sp³-hybridized carbons (Fsp3) is 0.886. The molecule has 1 aliphatic rings. The average Bonchev–Trinajstić information content (AvgIpc) is 3.20. The molecule has 14 N–H and O–H groups in total. The molecule has 0 aliphatic carbocycles. The van der Waals surface area contributed by atoms with Gasteiger partial charge in [0.1, 0.15) is 6.29 Å². The molecule has 2 amide bonds. The summed E-state index contributed by atoms with van der Waals surface area (Å²) < 4.78 is 0. The summed E-state index contributed by atoms with van der Waals surface area (Å²) >= 11 is 0. The van der Waals surface area contributed by atoms with Gasteiger partial charge in [-0.25, -0.2) is 0 Å². The van der Waals surface area contributed by atoms with Crippen molar-refractivity contribution in [3.05, 3.63) is 0 Å². The van der Waals surface area contributed by atoms with Gasteiger partial charge in [0.15, 0.2) is 0 Å². The Morgan fingerprint density at radius 2 is 0.983 bits per heavy atom. The van der Waals surface area contributed by atoms with Gasteiger partial charge in [-0.15, -0.1) is 0 Å². The van der Waals surface area contributed by atoms with Gasteiger partial charge in [-0.05, 0) is 58.7 Å². The Morgan fingerprint density at radius 1 is 0.655 bits per heavy atom. The van der Waals surface area contributed by atoms with Crippen LogP contribution in [0.15, 0.2) is 0 Å². The lowest BCUT2D eigenvalue weighted by Crippen LogP contribution is -2.46. The Hall–Kier alpha value is -0.680. The number of hydrogen-bond donors (Lipinski definition) is 11. The second-order valence-corrected chi connectivity index (χ2v) is 19.2. The molecule has 0 aromatic heterocycles. The molecule has 0 bridgehead atoms. The first-order chi connectivity index (χ1) is 27.9. The van der Waals surface area contributed by atoms with E-state index in [-0.39, 0.29) is 39.9 Å². The molecule has 1 saturated heterocycles. The molecule has 4 unspecified atom stereocenters. The molecule has 1 heterocycles. The maximum absolute atomic E-state index is 12.2. The van der Waals surface area contributed by atoms with Crippen LogP contribution in [-0.2, 0) is 19.2 Å². The van der Waals surface area contributed by atoms with Crippen LogP contribution in [0.2, 0.25) is 0 Å². The first kappa shape index (κ1) is 61.6. The summed E-state index contributed by atoms with van der Waals surface area (Å²) in [6, 6.07) is 0. The van der Waals surface area contributed by atoms with Crippen LogP contribution in [0.4, 0.5) is 0 Å². The third kappa shape index (κ3) is 43.4. The molecule has 23 heteroatoms. The standard InChI is InChI=1S/C27H62N8O6P4.C4H12N2.C3H6O.CH2O2/c1-2-19-43(39)23-33-13-11-32(22-42-38)12-14-34(24-44(40)20-5-26(36)30-9-3-7-28)16-18-35(17-15-33)25-45(41)21-6-27(37)31-10-4-8-29;1-6-4-2-3-5;1-2-3-4;2-1-3/h38-42H,2-25,28-29H2,1H3,(H,30,36)(H,31,37);6H,2-5H2,1H3;3H,2H2,1H3;1H,(H,2,3). The van der Waals surface area contributed by atoms with Gasteiger partial charge in [-0.3, -0.25) is 34.0 Å². The molecular weight excluding hydrogens is 828 g/mol. The number of nitrogens with zero attached hydrogens (tertiary/aromatic N) is 4. The topological polar surface area (TPSA) is 297 Å². The second-order valence-electron chi connectivity index (χ2n) is 13.3. The van der Waals surface area contributed by atoms with E-state index >= 15 is 0 Å². The third-order valence-electron chi connectivity index (χ3n) is 8.19. The van der Waals surface area contributed by atoms with Crippen LogP contribution < -0.4 is 33.2 Å². The first-order valence-electron chi connectivity index (χ1n) is 20.3. The quantitative estimate of drug-likeness (QED) is 0.0303. The number of aldehydes is 1. The summed E-state index contributed by atoms with van der Waals surface area (Å²) in [7, 11) is -2.08. The molecular formula is C35H82N10O9P4. The zero-order valence-corrected chi connectivity index (χ0v) is 39.4.